The van der Waals surface area contributed by atoms with Crippen LogP contribution in [0.3, 0.4) is 0 Å². The summed E-state index contributed by atoms with van der Waals surface area (Å²) in [7, 11) is -2.90. The Kier molecular flexibility index (Phi) is 4.15. The van der Waals surface area contributed by atoms with E-state index in [1.807, 2.05) is 25.7 Å². The van der Waals surface area contributed by atoms with E-state index in [-0.39, 0.29) is 23.6 Å². The molecule has 1 saturated heterocycles. The third kappa shape index (κ3) is 3.34. The fraction of sp³-hybridized carbons (Fsp3) is 0.889. The molecule has 0 radical (unpaired) electrons. The highest BCUT2D eigenvalue weighted by molar-refractivity contribution is 7.91. The van der Waals surface area contributed by atoms with Gasteiger partial charge in [-0.3, -0.25) is 5.43 Å². The monoisotopic (exact) mass is 248 g/mol. The van der Waals surface area contributed by atoms with Crippen LogP contribution >= 0.6 is 0 Å². The predicted molar refractivity (Wildman–Crippen MR) is 64.7 cm³/mol. The van der Waals surface area contributed by atoms with Crippen LogP contribution in [-0.4, -0.2) is 49.4 Å². The summed E-state index contributed by atoms with van der Waals surface area (Å²) in [6.45, 7) is 6.20. The highest BCUT2D eigenvalue weighted by atomic mass is 32.2. The Bertz CT molecular complexity index is 364. The zero-order valence-electron chi connectivity index (χ0n) is 9.97. The van der Waals surface area contributed by atoms with Crippen molar-refractivity contribution in [2.45, 2.75) is 32.9 Å². The summed E-state index contributed by atoms with van der Waals surface area (Å²) in [5.74, 6) is 6.30. The number of nitrogens with one attached hydrogen (secondary N) is 1. The van der Waals surface area contributed by atoms with E-state index in [1.54, 1.807) is 0 Å². The van der Waals surface area contributed by atoms with Crippen molar-refractivity contribution in [2.75, 3.05) is 18.1 Å². The molecule has 1 fully saturated rings. The molecule has 0 aliphatic carbocycles. The van der Waals surface area contributed by atoms with E-state index in [0.717, 1.165) is 0 Å². The van der Waals surface area contributed by atoms with E-state index in [2.05, 4.69) is 10.4 Å². The molecule has 0 aromatic carbocycles. The quantitative estimate of drug-likeness (QED) is 0.278. The molecule has 1 aliphatic heterocycles. The maximum Gasteiger partial charge on any atom is 0.208 e. The van der Waals surface area contributed by atoms with Crippen LogP contribution in [0.2, 0.25) is 0 Å². The maximum atomic E-state index is 11.4. The van der Waals surface area contributed by atoms with E-state index < -0.39 is 9.84 Å². The van der Waals surface area contributed by atoms with Crippen LogP contribution < -0.4 is 11.3 Å². The molecule has 16 heavy (non-hydrogen) atoms. The van der Waals surface area contributed by atoms with Gasteiger partial charge in [-0.1, -0.05) is 0 Å². The predicted octanol–water partition coefficient (Wildman–Crippen LogP) is -0.667. The summed E-state index contributed by atoms with van der Waals surface area (Å²) >= 11 is 0. The number of hydrogen-bond acceptors (Lipinski definition) is 4. The summed E-state index contributed by atoms with van der Waals surface area (Å²) in [5, 5.41) is 0. The highest BCUT2D eigenvalue weighted by Gasteiger charge is 2.29. The fourth-order valence-corrected chi connectivity index (χ4v) is 3.31. The number of rotatable bonds is 1. The normalized spacial score (nSPS) is 25.9. The van der Waals surface area contributed by atoms with Gasteiger partial charge in [-0.25, -0.2) is 19.3 Å². The van der Waals surface area contributed by atoms with Crippen LogP contribution in [0.4, 0.5) is 0 Å². The van der Waals surface area contributed by atoms with Crippen molar-refractivity contribution in [3.05, 3.63) is 0 Å². The molecule has 0 bridgehead atoms. The van der Waals surface area contributed by atoms with Crippen molar-refractivity contribution in [1.29, 1.82) is 0 Å². The lowest BCUT2D eigenvalue weighted by Gasteiger charge is -2.35. The van der Waals surface area contributed by atoms with Gasteiger partial charge in [-0.05, 0) is 20.8 Å². The topological polar surface area (TPSA) is 87.8 Å². The Morgan fingerprint density at radius 3 is 2.62 bits per heavy atom. The molecule has 0 saturated carbocycles. The van der Waals surface area contributed by atoms with E-state index in [9.17, 15) is 8.42 Å². The first kappa shape index (κ1) is 13.2. The van der Waals surface area contributed by atoms with Crippen molar-refractivity contribution in [1.82, 2.24) is 10.3 Å². The Hall–Kier alpha value is -0.820. The van der Waals surface area contributed by atoms with Crippen molar-refractivity contribution < 1.29 is 8.42 Å². The number of sulfone groups is 1. The number of hydrogen-bond donors (Lipinski definition) is 2. The van der Waals surface area contributed by atoms with Gasteiger partial charge in [0, 0.05) is 18.6 Å². The Morgan fingerprint density at radius 2 is 2.19 bits per heavy atom. The molecule has 3 N–H and O–H groups in total. The van der Waals surface area contributed by atoms with Crippen molar-refractivity contribution in [3.8, 4) is 0 Å². The van der Waals surface area contributed by atoms with E-state index >= 15 is 0 Å². The number of hydrazine groups is 1. The summed E-state index contributed by atoms with van der Waals surface area (Å²) in [6.07, 6.45) is 0. The van der Waals surface area contributed by atoms with Crippen LogP contribution in [0.5, 0.6) is 0 Å². The van der Waals surface area contributed by atoms with E-state index in [4.69, 9.17) is 5.84 Å². The Morgan fingerprint density at radius 1 is 1.56 bits per heavy atom. The third-order valence-electron chi connectivity index (χ3n) is 2.45. The standard InChI is InChI=1S/C9H20N4O2S/c1-7(2)11-9(12-10)13-4-5-16(14,15)6-8(13)3/h7-8H,4-6,10H2,1-3H3,(H,11,12). The second-order valence-electron chi connectivity index (χ2n) is 4.35. The summed E-state index contributed by atoms with van der Waals surface area (Å²) in [5.41, 5.74) is 2.54. The number of guanidine groups is 1. The highest BCUT2D eigenvalue weighted by Crippen LogP contribution is 2.11. The van der Waals surface area contributed by atoms with Crippen molar-refractivity contribution in [3.63, 3.8) is 0 Å². The molecule has 6 nitrogen and oxygen atoms in total. The molecule has 1 aliphatic rings. The van der Waals surface area contributed by atoms with Gasteiger partial charge in [-0.15, -0.1) is 0 Å². The Labute approximate surface area is 96.8 Å². The summed E-state index contributed by atoms with van der Waals surface area (Å²) < 4.78 is 22.8. The lowest BCUT2D eigenvalue weighted by Crippen LogP contribution is -2.55. The first-order valence-corrected chi connectivity index (χ1v) is 7.19. The van der Waals surface area contributed by atoms with Crippen LogP contribution in [0.1, 0.15) is 20.8 Å². The SMILES string of the molecule is CC(C)N=C(NN)N1CCS(=O)(=O)CC1C. The number of aliphatic imine (C=N–C) groups is 1. The smallest absolute Gasteiger partial charge is 0.208 e. The van der Waals surface area contributed by atoms with Crippen LogP contribution in [-0.2, 0) is 9.84 Å². The lowest BCUT2D eigenvalue weighted by molar-refractivity contribution is 0.339. The minimum Gasteiger partial charge on any atom is -0.337 e. The minimum atomic E-state index is -2.90. The van der Waals surface area contributed by atoms with Gasteiger partial charge < -0.3 is 4.90 Å². The van der Waals surface area contributed by atoms with Gasteiger partial charge in [-0.2, -0.15) is 0 Å². The molecule has 1 unspecified atom stereocenters. The van der Waals surface area contributed by atoms with E-state index in [0.29, 0.717) is 12.5 Å². The molecule has 0 amide bonds. The molecular formula is C9H20N4O2S. The van der Waals surface area contributed by atoms with Crippen molar-refractivity contribution >= 4 is 15.8 Å². The zero-order chi connectivity index (χ0) is 12.3. The number of nitrogens with zero attached hydrogens (tertiary/aromatic N) is 2. The maximum absolute atomic E-state index is 11.4. The molecule has 7 heteroatoms. The fourth-order valence-electron chi connectivity index (χ4n) is 1.75. The van der Waals surface area contributed by atoms with E-state index in [1.165, 1.54) is 0 Å². The average molecular weight is 248 g/mol. The molecule has 0 aromatic rings. The lowest BCUT2D eigenvalue weighted by atomic mass is 10.3. The first-order chi connectivity index (χ1) is 7.35. The largest absolute Gasteiger partial charge is 0.337 e. The molecule has 94 valence electrons. The van der Waals surface area contributed by atoms with Crippen molar-refractivity contribution in [2.24, 2.45) is 10.8 Å². The van der Waals surface area contributed by atoms with Gasteiger partial charge >= 0.3 is 0 Å². The summed E-state index contributed by atoms with van der Waals surface area (Å²) in [6, 6.07) is 0.0316. The van der Waals surface area contributed by atoms with Crippen LogP contribution in [0.25, 0.3) is 0 Å². The van der Waals surface area contributed by atoms with Crippen LogP contribution in [0, 0.1) is 0 Å². The molecule has 1 atom stereocenters. The van der Waals surface area contributed by atoms with Crippen LogP contribution in [0.15, 0.2) is 4.99 Å². The van der Waals surface area contributed by atoms with Gasteiger partial charge in [0.1, 0.15) is 0 Å². The zero-order valence-corrected chi connectivity index (χ0v) is 10.8. The molecule has 1 rings (SSSR count). The summed E-state index contributed by atoms with van der Waals surface area (Å²) in [4.78, 5) is 6.23. The average Bonchev–Trinajstić information content (AvgIpc) is 2.13. The molecule has 0 aromatic heterocycles. The van der Waals surface area contributed by atoms with Gasteiger partial charge in [0.15, 0.2) is 9.84 Å². The molecule has 0 spiro atoms. The van der Waals surface area contributed by atoms with Gasteiger partial charge in [0.2, 0.25) is 5.96 Å². The number of nitrogens with two attached hydrogens (primary N) is 1. The van der Waals surface area contributed by atoms with Gasteiger partial charge in [0.25, 0.3) is 0 Å². The Balaban J connectivity index is 2.81. The van der Waals surface area contributed by atoms with Gasteiger partial charge in [0.05, 0.1) is 11.5 Å². The molecular weight excluding hydrogens is 228 g/mol. The molecule has 1 heterocycles. The second kappa shape index (κ2) is 5.01. The first-order valence-electron chi connectivity index (χ1n) is 5.37. The minimum absolute atomic E-state index is 0.0905. The second-order valence-corrected chi connectivity index (χ2v) is 6.58. The third-order valence-corrected chi connectivity index (χ3v) is 4.25.